The van der Waals surface area contributed by atoms with Crippen molar-refractivity contribution < 1.29 is 28.3 Å². The zero-order valence-corrected chi connectivity index (χ0v) is 13.7. The second-order valence-electron chi connectivity index (χ2n) is 5.40. The summed E-state index contributed by atoms with van der Waals surface area (Å²) in [7, 11) is -4.63. The maximum atomic E-state index is 11.3. The van der Waals surface area contributed by atoms with E-state index in [1.54, 1.807) is 12.1 Å². The Morgan fingerprint density at radius 3 is 2.09 bits per heavy atom. The molecule has 8 nitrogen and oxygen atoms in total. The summed E-state index contributed by atoms with van der Waals surface area (Å²) in [6, 6.07) is 5.29. The summed E-state index contributed by atoms with van der Waals surface area (Å²) < 4.78 is 27.0. The van der Waals surface area contributed by atoms with Crippen LogP contribution in [0.3, 0.4) is 0 Å². The first-order chi connectivity index (χ1) is 11.0. The van der Waals surface area contributed by atoms with Crippen molar-refractivity contribution in [2.75, 3.05) is 62.4 Å². The van der Waals surface area contributed by atoms with Crippen molar-refractivity contribution in [3.8, 4) is 5.75 Å². The molecule has 2 N–H and O–H groups in total. The van der Waals surface area contributed by atoms with Gasteiger partial charge in [-0.15, -0.1) is 0 Å². The fraction of sp³-hybridized carbons (Fsp3) is 0.571. The Balaban J connectivity index is 1.99. The molecule has 2 heterocycles. The molecule has 2 fully saturated rings. The molecule has 9 heteroatoms. The number of rotatable bonds is 4. The van der Waals surface area contributed by atoms with Crippen LogP contribution < -0.4 is 14.3 Å². The summed E-state index contributed by atoms with van der Waals surface area (Å²) in [5, 5.41) is 0. The van der Waals surface area contributed by atoms with E-state index in [-0.39, 0.29) is 5.75 Å². The third-order valence-electron chi connectivity index (χ3n) is 3.87. The largest absolute Gasteiger partial charge is 0.524 e. The summed E-state index contributed by atoms with van der Waals surface area (Å²) in [5.41, 5.74) is 1.61. The number of anilines is 2. The van der Waals surface area contributed by atoms with E-state index < -0.39 is 7.82 Å². The Kier molecular flexibility index (Phi) is 5.08. The average Bonchev–Trinajstić information content (AvgIpc) is 2.55. The van der Waals surface area contributed by atoms with Gasteiger partial charge in [0, 0.05) is 26.2 Å². The molecule has 2 aliphatic heterocycles. The highest BCUT2D eigenvalue weighted by atomic mass is 31.2. The summed E-state index contributed by atoms with van der Waals surface area (Å²) in [6.07, 6.45) is 0. The molecule has 0 spiro atoms. The summed E-state index contributed by atoms with van der Waals surface area (Å²) in [5.74, 6) is 0.198. The molecule has 0 atom stereocenters. The maximum absolute atomic E-state index is 11.3. The molecular weight excluding hydrogens is 323 g/mol. The van der Waals surface area contributed by atoms with Crippen molar-refractivity contribution in [3.63, 3.8) is 0 Å². The molecule has 0 aromatic heterocycles. The standard InChI is InChI=1S/C14H21N2O6P/c17-23(18,19)22-13-3-1-2-12(15-4-8-20-9-5-15)14(13)16-6-10-21-11-7-16/h1-3H,4-11H2,(H2,17,18,19). The molecule has 0 saturated carbocycles. The summed E-state index contributed by atoms with van der Waals surface area (Å²) >= 11 is 0. The molecule has 0 radical (unpaired) electrons. The second-order valence-corrected chi connectivity index (χ2v) is 6.57. The van der Waals surface area contributed by atoms with Crippen LogP contribution in [0.1, 0.15) is 0 Å². The normalized spacial score (nSPS) is 19.7. The van der Waals surface area contributed by atoms with E-state index in [9.17, 15) is 14.4 Å². The van der Waals surface area contributed by atoms with Crippen LogP contribution in [0.4, 0.5) is 11.4 Å². The molecule has 0 bridgehead atoms. The molecule has 1 aromatic carbocycles. The van der Waals surface area contributed by atoms with Gasteiger partial charge in [-0.1, -0.05) is 6.07 Å². The van der Waals surface area contributed by atoms with Crippen LogP contribution in [0, 0.1) is 0 Å². The number of benzene rings is 1. The molecule has 0 aliphatic carbocycles. The molecular formula is C14H21N2O6P. The van der Waals surface area contributed by atoms with Crippen molar-refractivity contribution >= 4 is 19.2 Å². The van der Waals surface area contributed by atoms with E-state index in [0.717, 1.165) is 18.8 Å². The van der Waals surface area contributed by atoms with E-state index in [1.165, 1.54) is 0 Å². The minimum absolute atomic E-state index is 0.198. The summed E-state index contributed by atoms with van der Waals surface area (Å²) in [4.78, 5) is 22.6. The number of hydrogen-bond donors (Lipinski definition) is 2. The third kappa shape index (κ3) is 4.16. The van der Waals surface area contributed by atoms with Gasteiger partial charge < -0.3 is 23.8 Å². The smallest absolute Gasteiger partial charge is 0.402 e. The SMILES string of the molecule is O=P(O)(O)Oc1cccc(N2CCOCC2)c1N1CCOCC1. The van der Waals surface area contributed by atoms with E-state index >= 15 is 0 Å². The van der Waals surface area contributed by atoms with Crippen molar-refractivity contribution in [1.82, 2.24) is 0 Å². The molecule has 0 amide bonds. The Bertz CT molecular complexity index is 581. The number of nitrogens with zero attached hydrogens (tertiary/aromatic N) is 2. The van der Waals surface area contributed by atoms with Crippen molar-refractivity contribution in [2.24, 2.45) is 0 Å². The van der Waals surface area contributed by atoms with Crippen LogP contribution in [-0.4, -0.2) is 62.4 Å². The first kappa shape index (κ1) is 16.5. The van der Waals surface area contributed by atoms with Gasteiger partial charge in [0.15, 0.2) is 5.75 Å². The number of phosphoric acid groups is 1. The number of phosphoric ester groups is 1. The monoisotopic (exact) mass is 344 g/mol. The lowest BCUT2D eigenvalue weighted by Gasteiger charge is -2.36. The zero-order chi connectivity index (χ0) is 16.3. The molecule has 2 saturated heterocycles. The molecule has 0 unspecified atom stereocenters. The molecule has 3 rings (SSSR count). The van der Waals surface area contributed by atoms with Gasteiger partial charge >= 0.3 is 7.82 Å². The number of para-hydroxylation sites is 1. The first-order valence-electron chi connectivity index (χ1n) is 7.58. The van der Waals surface area contributed by atoms with Gasteiger partial charge in [-0.25, -0.2) is 4.57 Å². The van der Waals surface area contributed by atoms with E-state index in [2.05, 4.69) is 9.80 Å². The molecule has 2 aliphatic rings. The second kappa shape index (κ2) is 7.07. The van der Waals surface area contributed by atoms with Crippen LogP contribution in [0.2, 0.25) is 0 Å². The number of ether oxygens (including phenoxy) is 2. The Labute approximate surface area is 134 Å². The fourth-order valence-corrected chi connectivity index (χ4v) is 3.28. The van der Waals surface area contributed by atoms with Crippen molar-refractivity contribution in [1.29, 1.82) is 0 Å². The van der Waals surface area contributed by atoms with Crippen molar-refractivity contribution in [3.05, 3.63) is 18.2 Å². The predicted molar refractivity (Wildman–Crippen MR) is 85.2 cm³/mol. The predicted octanol–water partition coefficient (Wildman–Crippen LogP) is 0.831. The van der Waals surface area contributed by atoms with E-state index in [1.807, 2.05) is 6.07 Å². The van der Waals surface area contributed by atoms with Gasteiger partial charge in [-0.2, -0.15) is 0 Å². The van der Waals surface area contributed by atoms with Crippen LogP contribution in [0.25, 0.3) is 0 Å². The minimum Gasteiger partial charge on any atom is -0.402 e. The highest BCUT2D eigenvalue weighted by Gasteiger charge is 2.27. The molecule has 1 aromatic rings. The van der Waals surface area contributed by atoms with Gasteiger partial charge in [0.25, 0.3) is 0 Å². The number of hydrogen-bond acceptors (Lipinski definition) is 6. The van der Waals surface area contributed by atoms with Gasteiger partial charge in [-0.3, -0.25) is 9.79 Å². The lowest BCUT2D eigenvalue weighted by molar-refractivity contribution is 0.120. The fourth-order valence-electron chi connectivity index (χ4n) is 2.88. The number of morpholine rings is 2. The zero-order valence-electron chi connectivity index (χ0n) is 12.8. The Morgan fingerprint density at radius 2 is 1.52 bits per heavy atom. The van der Waals surface area contributed by atoms with Crippen LogP contribution in [0.5, 0.6) is 5.75 Å². The van der Waals surface area contributed by atoms with E-state index in [4.69, 9.17) is 14.0 Å². The van der Waals surface area contributed by atoms with E-state index in [0.29, 0.717) is 45.2 Å². The Morgan fingerprint density at radius 1 is 0.957 bits per heavy atom. The van der Waals surface area contributed by atoms with Crippen LogP contribution in [-0.2, 0) is 14.0 Å². The van der Waals surface area contributed by atoms with Crippen molar-refractivity contribution in [2.45, 2.75) is 0 Å². The highest BCUT2D eigenvalue weighted by molar-refractivity contribution is 7.46. The van der Waals surface area contributed by atoms with Crippen LogP contribution >= 0.6 is 7.82 Å². The third-order valence-corrected chi connectivity index (χ3v) is 4.31. The highest BCUT2D eigenvalue weighted by Crippen LogP contribution is 2.46. The first-order valence-corrected chi connectivity index (χ1v) is 9.11. The maximum Gasteiger partial charge on any atom is 0.524 e. The van der Waals surface area contributed by atoms with Gasteiger partial charge in [0.2, 0.25) is 0 Å². The Hall–Kier alpha value is -1.31. The topological polar surface area (TPSA) is 91.7 Å². The van der Waals surface area contributed by atoms with Crippen LogP contribution in [0.15, 0.2) is 18.2 Å². The molecule has 128 valence electrons. The van der Waals surface area contributed by atoms with Gasteiger partial charge in [0.05, 0.1) is 32.1 Å². The minimum atomic E-state index is -4.63. The average molecular weight is 344 g/mol. The summed E-state index contributed by atoms with van der Waals surface area (Å²) in [6.45, 7) is 5.18. The van der Waals surface area contributed by atoms with Gasteiger partial charge in [0.1, 0.15) is 5.69 Å². The quantitative estimate of drug-likeness (QED) is 0.776. The van der Waals surface area contributed by atoms with Gasteiger partial charge in [-0.05, 0) is 12.1 Å². The lowest BCUT2D eigenvalue weighted by Crippen LogP contribution is -2.40. The molecule has 23 heavy (non-hydrogen) atoms. The lowest BCUT2D eigenvalue weighted by atomic mass is 10.2.